The second kappa shape index (κ2) is 14.7. The monoisotopic (exact) mass is 843 g/mol. The molecule has 2 nitrogen and oxygen atoms in total. The number of benzene rings is 10. The first-order valence-electron chi connectivity index (χ1n) is 23.0. The summed E-state index contributed by atoms with van der Waals surface area (Å²) >= 11 is 0. The van der Waals surface area contributed by atoms with Gasteiger partial charge in [0.2, 0.25) is 0 Å². The average Bonchev–Trinajstić information content (AvgIpc) is 3.79. The minimum Gasteiger partial charge on any atom is -0.457 e. The van der Waals surface area contributed by atoms with Gasteiger partial charge in [0, 0.05) is 33.6 Å². The average molecular weight is 844 g/mol. The predicted octanol–water partition coefficient (Wildman–Crippen LogP) is 16.9. The summed E-state index contributed by atoms with van der Waals surface area (Å²) in [7, 11) is 0. The number of anilines is 3. The van der Waals surface area contributed by atoms with E-state index in [4.69, 9.17) is 4.74 Å². The van der Waals surface area contributed by atoms with Crippen molar-refractivity contribution in [1.82, 2.24) is 0 Å². The molecule has 2 aliphatic carbocycles. The van der Waals surface area contributed by atoms with Gasteiger partial charge in [-0.3, -0.25) is 0 Å². The fraction of sp³-hybridized carbons (Fsp3) is 0.0625. The Balaban J connectivity index is 1.08. The molecular weight excluding hydrogens is 799 g/mol. The predicted molar refractivity (Wildman–Crippen MR) is 272 cm³/mol. The Labute approximate surface area is 386 Å². The summed E-state index contributed by atoms with van der Waals surface area (Å²) in [6.45, 7) is 4.73. The molecule has 1 aliphatic heterocycles. The van der Waals surface area contributed by atoms with Gasteiger partial charge in [-0.25, -0.2) is 0 Å². The topological polar surface area (TPSA) is 12.5 Å². The Morgan fingerprint density at radius 2 is 0.682 bits per heavy atom. The molecular formula is C64H45NO. The highest BCUT2D eigenvalue weighted by molar-refractivity contribution is 5.93. The molecule has 312 valence electrons. The highest BCUT2D eigenvalue weighted by Gasteiger charge is 2.52. The zero-order valence-electron chi connectivity index (χ0n) is 36.9. The van der Waals surface area contributed by atoms with E-state index >= 15 is 0 Å². The summed E-state index contributed by atoms with van der Waals surface area (Å²) in [5, 5.41) is 0. The Morgan fingerprint density at radius 3 is 1.24 bits per heavy atom. The molecule has 2 heteroatoms. The van der Waals surface area contributed by atoms with E-state index in [9.17, 15) is 0 Å². The van der Waals surface area contributed by atoms with Gasteiger partial charge in [-0.05, 0) is 139 Å². The molecule has 10 aromatic rings. The molecule has 0 saturated carbocycles. The van der Waals surface area contributed by atoms with Crippen molar-refractivity contribution in [2.24, 2.45) is 0 Å². The van der Waals surface area contributed by atoms with Gasteiger partial charge in [0.1, 0.15) is 11.5 Å². The van der Waals surface area contributed by atoms with Crippen molar-refractivity contribution in [3.63, 3.8) is 0 Å². The van der Waals surface area contributed by atoms with Crippen molar-refractivity contribution in [3.8, 4) is 67.1 Å². The lowest BCUT2D eigenvalue weighted by Gasteiger charge is -2.40. The van der Waals surface area contributed by atoms with Gasteiger partial charge in [0.05, 0.1) is 5.41 Å². The molecule has 1 spiro atoms. The minimum absolute atomic E-state index is 0.156. The molecule has 0 fully saturated rings. The zero-order chi connectivity index (χ0) is 44.0. The van der Waals surface area contributed by atoms with Crippen molar-refractivity contribution < 1.29 is 4.74 Å². The van der Waals surface area contributed by atoms with Crippen LogP contribution >= 0.6 is 0 Å². The molecule has 0 atom stereocenters. The van der Waals surface area contributed by atoms with E-state index < -0.39 is 5.41 Å². The standard InChI is InChI=1S/C64H45NO/c1-63(2)55-24-14-12-22-51(55)53-34-32-49(40-57(53)63)65(48-30-26-45(27-31-48)42-16-6-3-7-17-42)50-33-35-54-52-23-13-15-25-56(52)64(58(54)41-50)59-38-46(43-18-8-4-9-19-43)28-36-61(59)66-62-37-29-47(39-60(62)64)44-20-10-5-11-21-44/h3-41H,1-2H3. The summed E-state index contributed by atoms with van der Waals surface area (Å²) < 4.78 is 7.02. The molecule has 0 bridgehead atoms. The van der Waals surface area contributed by atoms with Gasteiger partial charge in [0.25, 0.3) is 0 Å². The number of hydrogen-bond donors (Lipinski definition) is 0. The largest absolute Gasteiger partial charge is 0.457 e. The number of fused-ring (bicyclic) bond motifs is 12. The second-order valence-corrected chi connectivity index (χ2v) is 18.4. The van der Waals surface area contributed by atoms with Crippen LogP contribution in [0.3, 0.4) is 0 Å². The lowest BCUT2D eigenvalue weighted by Crippen LogP contribution is -2.32. The molecule has 0 amide bonds. The van der Waals surface area contributed by atoms with E-state index in [0.717, 1.165) is 50.8 Å². The highest BCUT2D eigenvalue weighted by Crippen LogP contribution is 2.64. The third kappa shape index (κ3) is 5.68. The lowest BCUT2D eigenvalue weighted by molar-refractivity contribution is 0.436. The van der Waals surface area contributed by atoms with Crippen molar-refractivity contribution in [2.45, 2.75) is 24.7 Å². The fourth-order valence-electron chi connectivity index (χ4n) is 11.4. The normalized spacial score (nSPS) is 14.0. The van der Waals surface area contributed by atoms with Crippen LogP contribution in [0.15, 0.2) is 237 Å². The summed E-state index contributed by atoms with van der Waals surface area (Å²) in [5.74, 6) is 1.74. The molecule has 66 heavy (non-hydrogen) atoms. The van der Waals surface area contributed by atoms with E-state index in [0.29, 0.717) is 0 Å². The first-order valence-corrected chi connectivity index (χ1v) is 23.0. The highest BCUT2D eigenvalue weighted by atomic mass is 16.5. The van der Waals surface area contributed by atoms with Crippen LogP contribution in [0.2, 0.25) is 0 Å². The Bertz CT molecular complexity index is 3430. The molecule has 0 saturated heterocycles. The van der Waals surface area contributed by atoms with Crippen molar-refractivity contribution in [1.29, 1.82) is 0 Å². The molecule has 0 unspecified atom stereocenters. The molecule has 0 aromatic heterocycles. The van der Waals surface area contributed by atoms with E-state index in [1.807, 2.05) is 0 Å². The quantitative estimate of drug-likeness (QED) is 0.165. The smallest absolute Gasteiger partial charge is 0.132 e. The maximum Gasteiger partial charge on any atom is 0.132 e. The minimum atomic E-state index is -0.704. The lowest BCUT2D eigenvalue weighted by atomic mass is 9.65. The molecule has 0 radical (unpaired) electrons. The molecule has 0 N–H and O–H groups in total. The van der Waals surface area contributed by atoms with Crippen molar-refractivity contribution in [3.05, 3.63) is 270 Å². The summed E-state index contributed by atoms with van der Waals surface area (Å²) in [6, 6.07) is 87.0. The maximum atomic E-state index is 7.02. The van der Waals surface area contributed by atoms with Gasteiger partial charge < -0.3 is 9.64 Å². The van der Waals surface area contributed by atoms with Crippen molar-refractivity contribution in [2.75, 3.05) is 4.90 Å². The Kier molecular flexibility index (Phi) is 8.51. The summed E-state index contributed by atoms with van der Waals surface area (Å²) in [4.78, 5) is 2.47. The van der Waals surface area contributed by atoms with Gasteiger partial charge in [-0.2, -0.15) is 0 Å². The molecule has 13 rings (SSSR count). The van der Waals surface area contributed by atoms with Crippen LogP contribution in [-0.2, 0) is 10.8 Å². The van der Waals surface area contributed by atoms with E-state index in [1.54, 1.807) is 0 Å². The Morgan fingerprint density at radius 1 is 0.288 bits per heavy atom. The van der Waals surface area contributed by atoms with Crippen molar-refractivity contribution >= 4 is 17.1 Å². The van der Waals surface area contributed by atoms with Crippen LogP contribution in [0, 0.1) is 0 Å². The van der Waals surface area contributed by atoms with Gasteiger partial charge in [0.15, 0.2) is 0 Å². The Hall–Kier alpha value is -8.20. The SMILES string of the molecule is CC1(C)c2ccccc2-c2ccc(N(c3ccc(-c4ccccc4)cc3)c3ccc4c(c3)C3(c5cc(-c6ccccc6)ccc5Oc5ccc(-c6ccccc6)cc53)c3ccccc3-4)cc21. The van der Waals surface area contributed by atoms with Crippen LogP contribution in [-0.4, -0.2) is 0 Å². The van der Waals surface area contributed by atoms with E-state index in [-0.39, 0.29) is 5.41 Å². The zero-order valence-corrected chi connectivity index (χ0v) is 36.9. The number of ether oxygens (including phenoxy) is 1. The summed E-state index contributed by atoms with van der Waals surface area (Å²) in [6.07, 6.45) is 0. The first-order chi connectivity index (χ1) is 32.5. The number of nitrogens with zero attached hydrogens (tertiary/aromatic N) is 1. The van der Waals surface area contributed by atoms with Gasteiger partial charge in [-0.15, -0.1) is 0 Å². The van der Waals surface area contributed by atoms with Crippen LogP contribution in [0.5, 0.6) is 11.5 Å². The van der Waals surface area contributed by atoms with Crippen LogP contribution in [0.1, 0.15) is 47.2 Å². The van der Waals surface area contributed by atoms with Gasteiger partial charge >= 0.3 is 0 Å². The third-order valence-corrected chi connectivity index (χ3v) is 14.5. The van der Waals surface area contributed by atoms with E-state index in [2.05, 4.69) is 255 Å². The third-order valence-electron chi connectivity index (χ3n) is 14.5. The maximum absolute atomic E-state index is 7.02. The van der Waals surface area contributed by atoms with Crippen LogP contribution in [0.25, 0.3) is 55.6 Å². The first kappa shape index (κ1) is 38.3. The molecule has 1 heterocycles. The van der Waals surface area contributed by atoms with E-state index in [1.165, 1.54) is 66.8 Å². The number of hydrogen-bond acceptors (Lipinski definition) is 2. The fourth-order valence-corrected chi connectivity index (χ4v) is 11.4. The van der Waals surface area contributed by atoms with Gasteiger partial charge in [-0.1, -0.05) is 190 Å². The number of rotatable bonds is 6. The molecule has 10 aromatic carbocycles. The molecule has 3 aliphatic rings. The summed E-state index contributed by atoms with van der Waals surface area (Å²) in [5.41, 5.74) is 22.1. The van der Waals surface area contributed by atoms with Crippen LogP contribution < -0.4 is 9.64 Å². The van der Waals surface area contributed by atoms with Crippen LogP contribution in [0.4, 0.5) is 17.1 Å². The second-order valence-electron chi connectivity index (χ2n) is 18.4.